The number of fused-ring (bicyclic) bond motifs is 1. The van der Waals surface area contributed by atoms with E-state index in [0.29, 0.717) is 20.2 Å². The Bertz CT molecular complexity index is 766. The van der Waals surface area contributed by atoms with Crippen LogP contribution >= 0.6 is 22.6 Å². The number of benzene rings is 1. The fourth-order valence-electron chi connectivity index (χ4n) is 1.48. The molecule has 0 unspecified atom stereocenters. The average Bonchev–Trinajstić information content (AvgIpc) is 2.31. The van der Waals surface area contributed by atoms with Crippen molar-refractivity contribution >= 4 is 49.3 Å². The molecule has 7 heteroatoms. The lowest BCUT2D eigenvalue weighted by atomic mass is 10.2. The summed E-state index contributed by atoms with van der Waals surface area (Å²) in [6, 6.07) is 4.69. The van der Waals surface area contributed by atoms with Crippen LogP contribution in [0, 0.1) is 3.57 Å². The highest BCUT2D eigenvalue weighted by Gasteiger charge is 2.13. The molecule has 1 aromatic heterocycles. The molecule has 18 heavy (non-hydrogen) atoms. The lowest BCUT2D eigenvalue weighted by Crippen LogP contribution is -2.24. The van der Waals surface area contributed by atoms with Crippen LogP contribution in [0.5, 0.6) is 0 Å². The van der Waals surface area contributed by atoms with Crippen molar-refractivity contribution < 1.29 is 12.8 Å². The number of hydrogen-bond acceptors (Lipinski definition) is 4. The highest BCUT2D eigenvalue weighted by Crippen LogP contribution is 2.21. The molecular formula is C11H10INO4S. The van der Waals surface area contributed by atoms with Crippen molar-refractivity contribution in [2.24, 2.45) is 0 Å². The van der Waals surface area contributed by atoms with Gasteiger partial charge in [0.2, 0.25) is 15.5 Å². The molecule has 0 saturated heterocycles. The Morgan fingerprint density at radius 1 is 1.33 bits per heavy atom. The van der Waals surface area contributed by atoms with Crippen molar-refractivity contribution in [3.8, 4) is 0 Å². The fourth-order valence-corrected chi connectivity index (χ4v) is 2.40. The van der Waals surface area contributed by atoms with Crippen molar-refractivity contribution in [3.05, 3.63) is 38.3 Å². The van der Waals surface area contributed by atoms with Crippen LogP contribution in [0.1, 0.15) is 0 Å². The summed E-state index contributed by atoms with van der Waals surface area (Å²) in [5.41, 5.74) is 0.702. The molecule has 0 fully saturated rings. The Kier molecular flexibility index (Phi) is 3.37. The van der Waals surface area contributed by atoms with Gasteiger partial charge in [0.05, 0.1) is 20.9 Å². The lowest BCUT2D eigenvalue weighted by molar-refractivity contribution is 0.597. The Morgan fingerprint density at radius 2 is 2.00 bits per heavy atom. The summed E-state index contributed by atoms with van der Waals surface area (Å²) in [5.74, 6) is 0. The van der Waals surface area contributed by atoms with E-state index in [4.69, 9.17) is 4.42 Å². The van der Waals surface area contributed by atoms with Crippen molar-refractivity contribution in [2.75, 3.05) is 17.6 Å². The Balaban J connectivity index is 2.67. The molecule has 0 amide bonds. The van der Waals surface area contributed by atoms with Crippen LogP contribution in [-0.4, -0.2) is 21.7 Å². The van der Waals surface area contributed by atoms with E-state index < -0.39 is 10.0 Å². The first kappa shape index (κ1) is 13.3. The second kappa shape index (κ2) is 4.54. The van der Waals surface area contributed by atoms with Gasteiger partial charge in [0.15, 0.2) is 0 Å². The van der Waals surface area contributed by atoms with E-state index in [9.17, 15) is 13.2 Å². The van der Waals surface area contributed by atoms with Gasteiger partial charge in [-0.2, -0.15) is 0 Å². The van der Waals surface area contributed by atoms with E-state index in [1.807, 2.05) is 22.6 Å². The standard InChI is InChI=1S/C11H10INO4S/c1-13(18(2,15)16)7-3-4-8-10(5-7)17-6-9(12)11(8)14/h3-6H,1-2H3. The predicted octanol–water partition coefficient (Wildman–Crippen LogP) is 1.79. The normalized spacial score (nSPS) is 11.7. The van der Waals surface area contributed by atoms with E-state index in [-0.39, 0.29) is 5.43 Å². The van der Waals surface area contributed by atoms with Gasteiger partial charge in [-0.3, -0.25) is 9.10 Å². The van der Waals surface area contributed by atoms with Gasteiger partial charge in [0, 0.05) is 13.1 Å². The number of rotatable bonds is 2. The minimum Gasteiger partial charge on any atom is -0.463 e. The molecule has 0 aliphatic rings. The molecule has 0 bridgehead atoms. The molecule has 0 saturated carbocycles. The maximum absolute atomic E-state index is 11.8. The first-order valence-electron chi connectivity index (χ1n) is 4.95. The first-order chi connectivity index (χ1) is 8.30. The van der Waals surface area contributed by atoms with E-state index in [1.54, 1.807) is 12.1 Å². The summed E-state index contributed by atoms with van der Waals surface area (Å²) in [5, 5.41) is 0.438. The van der Waals surface area contributed by atoms with Crippen LogP contribution in [-0.2, 0) is 10.0 Å². The Morgan fingerprint density at radius 3 is 2.61 bits per heavy atom. The lowest BCUT2D eigenvalue weighted by Gasteiger charge is -2.16. The van der Waals surface area contributed by atoms with Crippen LogP contribution in [0.25, 0.3) is 11.0 Å². The van der Waals surface area contributed by atoms with E-state index >= 15 is 0 Å². The average molecular weight is 379 g/mol. The van der Waals surface area contributed by atoms with Crippen molar-refractivity contribution in [1.29, 1.82) is 0 Å². The van der Waals surface area contributed by atoms with Gasteiger partial charge >= 0.3 is 0 Å². The summed E-state index contributed by atoms with van der Waals surface area (Å²) in [6.45, 7) is 0. The van der Waals surface area contributed by atoms with Gasteiger partial charge < -0.3 is 4.42 Å². The maximum Gasteiger partial charge on any atom is 0.231 e. The van der Waals surface area contributed by atoms with Crippen LogP contribution in [0.3, 0.4) is 0 Å². The number of anilines is 1. The molecule has 2 rings (SSSR count). The van der Waals surface area contributed by atoms with E-state index in [2.05, 4.69) is 0 Å². The summed E-state index contributed by atoms with van der Waals surface area (Å²) in [6.07, 6.45) is 2.47. The summed E-state index contributed by atoms with van der Waals surface area (Å²) in [7, 11) is -1.89. The topological polar surface area (TPSA) is 67.6 Å². The molecule has 5 nitrogen and oxygen atoms in total. The number of hydrogen-bond donors (Lipinski definition) is 0. The first-order valence-corrected chi connectivity index (χ1v) is 7.88. The molecule has 1 aromatic carbocycles. The van der Waals surface area contributed by atoms with Crippen LogP contribution < -0.4 is 9.73 Å². The molecule has 0 N–H and O–H groups in total. The van der Waals surface area contributed by atoms with Gasteiger partial charge in [-0.25, -0.2) is 8.42 Å². The van der Waals surface area contributed by atoms with Crippen LogP contribution in [0.15, 0.2) is 33.7 Å². The molecule has 96 valence electrons. The van der Waals surface area contributed by atoms with Gasteiger partial charge in [-0.05, 0) is 34.7 Å². The zero-order chi connectivity index (χ0) is 13.5. The molecular weight excluding hydrogens is 369 g/mol. The summed E-state index contributed by atoms with van der Waals surface area (Å²) in [4.78, 5) is 11.8. The molecule has 1 heterocycles. The minimum atomic E-state index is -3.33. The monoisotopic (exact) mass is 379 g/mol. The molecule has 0 aliphatic carbocycles. The van der Waals surface area contributed by atoms with Gasteiger partial charge in [-0.1, -0.05) is 0 Å². The van der Waals surface area contributed by atoms with E-state index in [0.717, 1.165) is 10.6 Å². The third-order valence-electron chi connectivity index (χ3n) is 2.58. The number of nitrogens with zero attached hydrogens (tertiary/aromatic N) is 1. The maximum atomic E-state index is 11.8. The third-order valence-corrected chi connectivity index (χ3v) is 4.53. The zero-order valence-electron chi connectivity index (χ0n) is 9.68. The Labute approximate surface area is 118 Å². The minimum absolute atomic E-state index is 0.120. The van der Waals surface area contributed by atoms with Crippen molar-refractivity contribution in [2.45, 2.75) is 0 Å². The Hall–Kier alpha value is -1.09. The molecule has 0 aliphatic heterocycles. The highest BCUT2D eigenvalue weighted by molar-refractivity contribution is 14.1. The van der Waals surface area contributed by atoms with Gasteiger partial charge in [-0.15, -0.1) is 0 Å². The quantitative estimate of drug-likeness (QED) is 0.747. The molecule has 0 radical (unpaired) electrons. The fraction of sp³-hybridized carbons (Fsp3) is 0.182. The molecule has 2 aromatic rings. The third kappa shape index (κ3) is 2.37. The van der Waals surface area contributed by atoms with Gasteiger partial charge in [0.25, 0.3) is 0 Å². The second-order valence-corrected chi connectivity index (χ2v) is 7.00. The van der Waals surface area contributed by atoms with Crippen molar-refractivity contribution in [1.82, 2.24) is 0 Å². The predicted molar refractivity (Wildman–Crippen MR) is 78.4 cm³/mol. The highest BCUT2D eigenvalue weighted by atomic mass is 127. The SMILES string of the molecule is CN(c1ccc2c(=O)c(I)coc2c1)S(C)(=O)=O. The van der Waals surface area contributed by atoms with Crippen molar-refractivity contribution in [3.63, 3.8) is 0 Å². The van der Waals surface area contributed by atoms with Gasteiger partial charge in [0.1, 0.15) is 11.8 Å². The zero-order valence-corrected chi connectivity index (χ0v) is 12.6. The summed E-state index contributed by atoms with van der Waals surface area (Å²) < 4.78 is 29.8. The second-order valence-electron chi connectivity index (χ2n) is 3.82. The largest absolute Gasteiger partial charge is 0.463 e. The smallest absolute Gasteiger partial charge is 0.231 e. The molecule has 0 atom stereocenters. The summed E-state index contributed by atoms with van der Waals surface area (Å²) >= 11 is 1.89. The van der Waals surface area contributed by atoms with E-state index in [1.165, 1.54) is 19.4 Å². The number of halogens is 1. The number of sulfonamides is 1. The molecule has 0 spiro atoms. The van der Waals surface area contributed by atoms with Crippen LogP contribution in [0.4, 0.5) is 5.69 Å². The van der Waals surface area contributed by atoms with Crippen LogP contribution in [0.2, 0.25) is 0 Å².